The van der Waals surface area contributed by atoms with Gasteiger partial charge in [-0.15, -0.1) is 0 Å². The van der Waals surface area contributed by atoms with Gasteiger partial charge in [0.2, 0.25) is 0 Å². The summed E-state index contributed by atoms with van der Waals surface area (Å²) in [5, 5.41) is 10.2. The summed E-state index contributed by atoms with van der Waals surface area (Å²) < 4.78 is 31.6. The van der Waals surface area contributed by atoms with Crippen molar-refractivity contribution in [2.45, 2.75) is 60.8 Å². The molecule has 140 valence electrons. The van der Waals surface area contributed by atoms with E-state index in [0.29, 0.717) is 23.5 Å². The Bertz CT molecular complexity index is 596. The second-order valence-electron chi connectivity index (χ2n) is 7.44. The van der Waals surface area contributed by atoms with E-state index in [2.05, 4.69) is 47.6 Å². The van der Waals surface area contributed by atoms with Crippen molar-refractivity contribution in [2.24, 2.45) is 17.8 Å². The third-order valence-electron chi connectivity index (χ3n) is 3.36. The Balaban J connectivity index is 0.000000922. The van der Waals surface area contributed by atoms with Crippen LogP contribution in [0.4, 0.5) is 0 Å². The summed E-state index contributed by atoms with van der Waals surface area (Å²) >= 11 is 0. The van der Waals surface area contributed by atoms with E-state index >= 15 is 0 Å². The van der Waals surface area contributed by atoms with Crippen LogP contribution in [0.15, 0.2) is 12.1 Å². The Morgan fingerprint density at radius 1 is 0.792 bits per heavy atom. The van der Waals surface area contributed by atoms with Crippen molar-refractivity contribution in [3.8, 4) is 5.75 Å². The SMILES string of the molecule is CC(C)Cc1ccc(O)c(CC(C)C)c1CC(C)C.O=S(=O)(O)O. The maximum absolute atomic E-state index is 10.2. The van der Waals surface area contributed by atoms with Gasteiger partial charge in [0.1, 0.15) is 5.75 Å². The lowest BCUT2D eigenvalue weighted by Gasteiger charge is -2.20. The van der Waals surface area contributed by atoms with Crippen LogP contribution in [-0.4, -0.2) is 22.6 Å². The second kappa shape index (κ2) is 10.0. The third kappa shape index (κ3) is 10.6. The number of benzene rings is 1. The van der Waals surface area contributed by atoms with Crippen molar-refractivity contribution in [1.29, 1.82) is 0 Å². The van der Waals surface area contributed by atoms with Gasteiger partial charge in [-0.3, -0.25) is 9.11 Å². The molecule has 0 bridgehead atoms. The van der Waals surface area contributed by atoms with E-state index in [9.17, 15) is 5.11 Å². The Kier molecular flexibility index (Phi) is 9.55. The summed E-state index contributed by atoms with van der Waals surface area (Å²) in [4.78, 5) is 0. The Labute approximate surface area is 146 Å². The molecule has 1 aromatic carbocycles. The average molecular weight is 361 g/mol. The summed E-state index contributed by atoms with van der Waals surface area (Å²) in [5.74, 6) is 2.34. The number of hydrogen-bond acceptors (Lipinski definition) is 3. The Hall–Kier alpha value is -1.11. The van der Waals surface area contributed by atoms with Gasteiger partial charge in [-0.2, -0.15) is 8.42 Å². The molecule has 0 aromatic heterocycles. The highest BCUT2D eigenvalue weighted by molar-refractivity contribution is 7.79. The molecule has 0 atom stereocenters. The molecule has 0 heterocycles. The monoisotopic (exact) mass is 360 g/mol. The molecule has 24 heavy (non-hydrogen) atoms. The zero-order valence-corrected chi connectivity index (χ0v) is 16.4. The molecule has 1 rings (SSSR count). The van der Waals surface area contributed by atoms with E-state index in [0.717, 1.165) is 19.3 Å². The van der Waals surface area contributed by atoms with Gasteiger partial charge < -0.3 is 5.11 Å². The summed E-state index contributed by atoms with van der Waals surface area (Å²) in [5.41, 5.74) is 4.01. The minimum Gasteiger partial charge on any atom is -0.508 e. The highest BCUT2D eigenvalue weighted by Gasteiger charge is 2.16. The first-order valence-corrected chi connectivity index (χ1v) is 9.73. The van der Waals surface area contributed by atoms with E-state index in [-0.39, 0.29) is 0 Å². The van der Waals surface area contributed by atoms with E-state index < -0.39 is 10.4 Å². The molecule has 0 spiro atoms. The molecule has 0 aliphatic carbocycles. The minimum absolute atomic E-state index is 0.483. The van der Waals surface area contributed by atoms with Crippen LogP contribution in [0.5, 0.6) is 5.75 Å². The van der Waals surface area contributed by atoms with Gasteiger partial charge in [0.25, 0.3) is 0 Å². The molecule has 0 unspecified atom stereocenters. The summed E-state index contributed by atoms with van der Waals surface area (Å²) in [7, 11) is -4.67. The Morgan fingerprint density at radius 2 is 1.17 bits per heavy atom. The van der Waals surface area contributed by atoms with E-state index in [1.165, 1.54) is 16.7 Å². The van der Waals surface area contributed by atoms with Crippen LogP contribution < -0.4 is 0 Å². The van der Waals surface area contributed by atoms with Crippen LogP contribution in [0, 0.1) is 17.8 Å². The highest BCUT2D eigenvalue weighted by atomic mass is 32.3. The van der Waals surface area contributed by atoms with Crippen molar-refractivity contribution < 1.29 is 22.6 Å². The first-order chi connectivity index (χ1) is 10.8. The van der Waals surface area contributed by atoms with Crippen molar-refractivity contribution in [3.63, 3.8) is 0 Å². The fourth-order valence-electron chi connectivity index (χ4n) is 2.66. The maximum atomic E-state index is 10.2. The predicted octanol–water partition coefficient (Wildman–Crippen LogP) is 4.33. The van der Waals surface area contributed by atoms with Crippen LogP contribution in [0.1, 0.15) is 58.2 Å². The van der Waals surface area contributed by atoms with E-state index in [1.807, 2.05) is 6.07 Å². The van der Waals surface area contributed by atoms with E-state index in [4.69, 9.17) is 17.5 Å². The quantitative estimate of drug-likeness (QED) is 0.656. The van der Waals surface area contributed by atoms with Crippen LogP contribution >= 0.6 is 0 Å². The number of rotatable bonds is 6. The van der Waals surface area contributed by atoms with Gasteiger partial charge in [-0.1, -0.05) is 47.6 Å². The lowest BCUT2D eigenvalue weighted by atomic mass is 9.86. The molecule has 5 nitrogen and oxygen atoms in total. The normalized spacial score (nSPS) is 11.8. The van der Waals surface area contributed by atoms with Gasteiger partial charge in [-0.05, 0) is 59.8 Å². The van der Waals surface area contributed by atoms with Gasteiger partial charge in [0, 0.05) is 0 Å². The lowest BCUT2D eigenvalue weighted by molar-refractivity contribution is 0.381. The topological polar surface area (TPSA) is 94.8 Å². The van der Waals surface area contributed by atoms with Crippen molar-refractivity contribution >= 4 is 10.4 Å². The van der Waals surface area contributed by atoms with Gasteiger partial charge in [0.05, 0.1) is 0 Å². The van der Waals surface area contributed by atoms with Crippen LogP contribution in [0.3, 0.4) is 0 Å². The maximum Gasteiger partial charge on any atom is 0.394 e. The van der Waals surface area contributed by atoms with E-state index in [1.54, 1.807) is 0 Å². The zero-order chi connectivity index (χ0) is 19.1. The highest BCUT2D eigenvalue weighted by Crippen LogP contribution is 2.30. The first-order valence-electron chi connectivity index (χ1n) is 8.33. The zero-order valence-electron chi connectivity index (χ0n) is 15.6. The summed E-state index contributed by atoms with van der Waals surface area (Å²) in [6.07, 6.45) is 3.14. The first kappa shape index (κ1) is 22.9. The molecule has 0 saturated heterocycles. The molecule has 1 aromatic rings. The van der Waals surface area contributed by atoms with Gasteiger partial charge >= 0.3 is 10.4 Å². The average Bonchev–Trinajstić information content (AvgIpc) is 2.33. The number of hydrogen-bond donors (Lipinski definition) is 3. The fraction of sp³-hybridized carbons (Fsp3) is 0.667. The number of aromatic hydroxyl groups is 1. The number of phenols is 1. The second-order valence-corrected chi connectivity index (χ2v) is 8.34. The van der Waals surface area contributed by atoms with Crippen molar-refractivity contribution in [2.75, 3.05) is 0 Å². The fourth-order valence-corrected chi connectivity index (χ4v) is 2.66. The van der Waals surface area contributed by atoms with Crippen LogP contribution in [0.2, 0.25) is 0 Å². The molecule has 3 N–H and O–H groups in total. The molecule has 0 aliphatic heterocycles. The molecular formula is C18H32O5S. The minimum atomic E-state index is -4.67. The summed E-state index contributed by atoms with van der Waals surface area (Å²) in [6.45, 7) is 13.5. The predicted molar refractivity (Wildman–Crippen MR) is 97.9 cm³/mol. The molecule has 0 saturated carbocycles. The van der Waals surface area contributed by atoms with Gasteiger partial charge in [-0.25, -0.2) is 0 Å². The van der Waals surface area contributed by atoms with Crippen LogP contribution in [0.25, 0.3) is 0 Å². The molecular weight excluding hydrogens is 328 g/mol. The van der Waals surface area contributed by atoms with Crippen molar-refractivity contribution in [3.05, 3.63) is 28.8 Å². The molecule has 0 radical (unpaired) electrons. The number of phenolic OH excluding ortho intramolecular Hbond substituents is 1. The smallest absolute Gasteiger partial charge is 0.394 e. The molecule has 0 fully saturated rings. The Morgan fingerprint density at radius 3 is 1.54 bits per heavy atom. The standard InChI is InChI=1S/C18H30O.H2O4S/c1-12(2)9-15-7-8-18(19)17(11-14(5)6)16(15)10-13(3)4;1-5(2,3)4/h7-8,12-14,19H,9-11H2,1-6H3;(H2,1,2,3,4). The largest absolute Gasteiger partial charge is 0.508 e. The molecule has 0 aliphatic rings. The molecule has 0 amide bonds. The van der Waals surface area contributed by atoms with Crippen LogP contribution in [-0.2, 0) is 29.7 Å². The third-order valence-corrected chi connectivity index (χ3v) is 3.36. The molecule has 6 heteroatoms. The summed E-state index contributed by atoms with van der Waals surface area (Å²) in [6, 6.07) is 4.01. The lowest BCUT2D eigenvalue weighted by Crippen LogP contribution is -2.09. The van der Waals surface area contributed by atoms with Crippen molar-refractivity contribution in [1.82, 2.24) is 0 Å². The van der Waals surface area contributed by atoms with Gasteiger partial charge in [0.15, 0.2) is 0 Å².